The predicted octanol–water partition coefficient (Wildman–Crippen LogP) is 13.1. The smallest absolute Gasteiger partial charge is 0.145 e. The molecule has 0 saturated carbocycles. The van der Waals surface area contributed by atoms with Crippen LogP contribution in [0.15, 0.2) is 186 Å². The highest BCUT2D eigenvalue weighted by atomic mass is 16.3. The molecule has 3 heteroatoms. The predicted molar refractivity (Wildman–Crippen MR) is 213 cm³/mol. The second-order valence-electron chi connectivity index (χ2n) is 13.3. The van der Waals surface area contributed by atoms with E-state index in [4.69, 9.17) is 4.42 Å². The van der Waals surface area contributed by atoms with Crippen LogP contribution in [0, 0.1) is 0 Å². The molecular formula is C48H30N2O. The van der Waals surface area contributed by atoms with Gasteiger partial charge in [0, 0.05) is 38.3 Å². The third kappa shape index (κ3) is 4.19. The zero-order valence-electron chi connectivity index (χ0n) is 27.6. The molecule has 3 nitrogen and oxygen atoms in total. The van der Waals surface area contributed by atoms with Gasteiger partial charge in [-0.1, -0.05) is 115 Å². The van der Waals surface area contributed by atoms with Crippen LogP contribution in [0.4, 0.5) is 0 Å². The summed E-state index contributed by atoms with van der Waals surface area (Å²) in [5, 5.41) is 7.01. The van der Waals surface area contributed by atoms with Crippen molar-refractivity contribution in [2.45, 2.75) is 0 Å². The Morgan fingerprint density at radius 1 is 0.314 bits per heavy atom. The highest BCUT2D eigenvalue weighted by Gasteiger charge is 2.22. The van der Waals surface area contributed by atoms with Crippen molar-refractivity contribution in [3.63, 3.8) is 0 Å². The van der Waals surface area contributed by atoms with Crippen LogP contribution in [0.3, 0.4) is 0 Å². The van der Waals surface area contributed by atoms with Crippen molar-refractivity contribution in [1.29, 1.82) is 0 Å². The minimum Gasteiger partial charge on any atom is -0.455 e. The van der Waals surface area contributed by atoms with Crippen molar-refractivity contribution in [3.8, 4) is 33.6 Å². The van der Waals surface area contributed by atoms with E-state index in [9.17, 15) is 0 Å². The molecule has 0 saturated heterocycles. The number of furan rings is 1. The van der Waals surface area contributed by atoms with E-state index in [2.05, 4.69) is 191 Å². The molecule has 238 valence electrons. The Morgan fingerprint density at radius 2 is 0.941 bits per heavy atom. The molecule has 0 fully saturated rings. The van der Waals surface area contributed by atoms with Crippen molar-refractivity contribution in [2.75, 3.05) is 0 Å². The van der Waals surface area contributed by atoms with Crippen LogP contribution in [0.2, 0.25) is 0 Å². The zero-order valence-corrected chi connectivity index (χ0v) is 27.6. The molecule has 0 atom stereocenters. The number of hydrogen-bond donors (Lipinski definition) is 0. The van der Waals surface area contributed by atoms with E-state index in [1.807, 2.05) is 0 Å². The first-order valence-electron chi connectivity index (χ1n) is 17.4. The summed E-state index contributed by atoms with van der Waals surface area (Å²) in [6.07, 6.45) is 0. The Morgan fingerprint density at radius 3 is 1.73 bits per heavy atom. The first-order chi connectivity index (χ1) is 25.3. The van der Waals surface area contributed by atoms with Crippen LogP contribution in [-0.2, 0) is 0 Å². The second kappa shape index (κ2) is 10.8. The maximum absolute atomic E-state index is 6.82. The van der Waals surface area contributed by atoms with Gasteiger partial charge in [-0.2, -0.15) is 0 Å². The Hall–Kier alpha value is -6.84. The van der Waals surface area contributed by atoms with E-state index >= 15 is 0 Å². The van der Waals surface area contributed by atoms with Gasteiger partial charge in [0.1, 0.15) is 11.2 Å². The van der Waals surface area contributed by atoms with Crippen LogP contribution in [-0.4, -0.2) is 9.13 Å². The zero-order chi connectivity index (χ0) is 33.5. The fourth-order valence-corrected chi connectivity index (χ4v) is 8.19. The van der Waals surface area contributed by atoms with Crippen LogP contribution < -0.4 is 0 Å². The average molecular weight is 651 g/mol. The molecular weight excluding hydrogens is 621 g/mol. The van der Waals surface area contributed by atoms with Gasteiger partial charge in [-0.15, -0.1) is 0 Å². The number of para-hydroxylation sites is 2. The Kier molecular flexibility index (Phi) is 5.96. The summed E-state index contributed by atoms with van der Waals surface area (Å²) < 4.78 is 11.6. The van der Waals surface area contributed by atoms with E-state index in [0.717, 1.165) is 49.7 Å². The summed E-state index contributed by atoms with van der Waals surface area (Å²) in [5.41, 5.74) is 13.5. The number of nitrogens with zero attached hydrogens (tertiary/aromatic N) is 2. The third-order valence-electron chi connectivity index (χ3n) is 10.5. The summed E-state index contributed by atoms with van der Waals surface area (Å²) in [7, 11) is 0. The molecule has 0 bridgehead atoms. The minimum atomic E-state index is 0.897. The number of aromatic nitrogens is 2. The van der Waals surface area contributed by atoms with Crippen LogP contribution in [0.5, 0.6) is 0 Å². The minimum absolute atomic E-state index is 0.897. The molecule has 0 radical (unpaired) electrons. The van der Waals surface area contributed by atoms with Crippen molar-refractivity contribution >= 4 is 65.6 Å². The van der Waals surface area contributed by atoms with Gasteiger partial charge in [0.25, 0.3) is 0 Å². The van der Waals surface area contributed by atoms with Crippen molar-refractivity contribution in [2.24, 2.45) is 0 Å². The normalized spacial score (nSPS) is 11.9. The summed E-state index contributed by atoms with van der Waals surface area (Å²) in [4.78, 5) is 0. The lowest BCUT2D eigenvalue weighted by Gasteiger charge is -2.11. The van der Waals surface area contributed by atoms with Crippen molar-refractivity contribution in [1.82, 2.24) is 9.13 Å². The number of benzene rings is 8. The van der Waals surface area contributed by atoms with E-state index in [1.165, 1.54) is 49.4 Å². The molecule has 0 unspecified atom stereocenters. The molecule has 0 N–H and O–H groups in total. The molecule has 3 aromatic heterocycles. The number of fused-ring (bicyclic) bond motifs is 10. The van der Waals surface area contributed by atoms with Crippen LogP contribution in [0.25, 0.3) is 99.2 Å². The van der Waals surface area contributed by atoms with E-state index < -0.39 is 0 Å². The van der Waals surface area contributed by atoms with Gasteiger partial charge in [0.2, 0.25) is 0 Å². The molecule has 0 amide bonds. The van der Waals surface area contributed by atoms with Gasteiger partial charge in [0.05, 0.1) is 27.5 Å². The fraction of sp³-hybridized carbons (Fsp3) is 0. The Labute approximate surface area is 293 Å². The van der Waals surface area contributed by atoms with Gasteiger partial charge in [-0.3, -0.25) is 0 Å². The molecule has 0 aliphatic heterocycles. The Balaban J connectivity index is 1.25. The average Bonchev–Trinajstić information content (AvgIpc) is 3.85. The van der Waals surface area contributed by atoms with Crippen molar-refractivity contribution in [3.05, 3.63) is 182 Å². The highest BCUT2D eigenvalue weighted by molar-refractivity contribution is 6.27. The highest BCUT2D eigenvalue weighted by Crippen LogP contribution is 2.44. The van der Waals surface area contributed by atoms with Crippen molar-refractivity contribution < 1.29 is 4.42 Å². The Bertz CT molecular complexity index is 3110. The molecule has 51 heavy (non-hydrogen) atoms. The van der Waals surface area contributed by atoms with E-state index in [1.54, 1.807) is 0 Å². The number of rotatable bonds is 4. The van der Waals surface area contributed by atoms with Gasteiger partial charge < -0.3 is 13.6 Å². The molecule has 11 aromatic rings. The molecule has 0 aliphatic rings. The quantitative estimate of drug-likeness (QED) is 0.186. The fourth-order valence-electron chi connectivity index (χ4n) is 8.19. The topological polar surface area (TPSA) is 23.0 Å². The molecule has 0 spiro atoms. The molecule has 0 aliphatic carbocycles. The largest absolute Gasteiger partial charge is 0.455 e. The molecule has 3 heterocycles. The van der Waals surface area contributed by atoms with E-state index in [0.29, 0.717) is 0 Å². The SMILES string of the molecule is c1ccc(-c2cccc(-n3c4ccccc4c4cc5c6c7oc8ccc(-c9ccccc9)cc8c7ccc6n(-c6ccccc6)c5cc43)c2)cc1. The number of hydrogen-bond acceptors (Lipinski definition) is 1. The molecule has 8 aromatic carbocycles. The van der Waals surface area contributed by atoms with Gasteiger partial charge in [-0.25, -0.2) is 0 Å². The summed E-state index contributed by atoms with van der Waals surface area (Å²) >= 11 is 0. The summed E-state index contributed by atoms with van der Waals surface area (Å²) in [6, 6.07) is 65.4. The summed E-state index contributed by atoms with van der Waals surface area (Å²) in [5.74, 6) is 0. The van der Waals surface area contributed by atoms with Crippen LogP contribution >= 0.6 is 0 Å². The first kappa shape index (κ1) is 28.0. The maximum atomic E-state index is 6.82. The lowest BCUT2D eigenvalue weighted by Crippen LogP contribution is -1.96. The lowest BCUT2D eigenvalue weighted by atomic mass is 10.0. The summed E-state index contributed by atoms with van der Waals surface area (Å²) in [6.45, 7) is 0. The van der Waals surface area contributed by atoms with E-state index in [-0.39, 0.29) is 0 Å². The van der Waals surface area contributed by atoms with Gasteiger partial charge in [-0.05, 0) is 89.0 Å². The van der Waals surface area contributed by atoms with Gasteiger partial charge in [0.15, 0.2) is 0 Å². The van der Waals surface area contributed by atoms with Crippen LogP contribution in [0.1, 0.15) is 0 Å². The molecule has 11 rings (SSSR count). The lowest BCUT2D eigenvalue weighted by molar-refractivity contribution is 0.673. The second-order valence-corrected chi connectivity index (χ2v) is 13.3. The first-order valence-corrected chi connectivity index (χ1v) is 17.4. The maximum Gasteiger partial charge on any atom is 0.145 e. The van der Waals surface area contributed by atoms with Gasteiger partial charge >= 0.3 is 0 Å². The monoisotopic (exact) mass is 650 g/mol. The third-order valence-corrected chi connectivity index (χ3v) is 10.5. The standard InChI is InChI=1S/C48H30N2O/c1-4-13-31(14-5-1)33-17-12-20-36(27-33)50-42-22-11-10-21-37(42)39-29-41-45(30-44(39)50)49(35-18-8-3-9-19-35)43-25-24-38-40-28-34(32-15-6-2-7-16-32)23-26-46(40)51-48(38)47(41)43/h1-30H.